The van der Waals surface area contributed by atoms with E-state index in [0.717, 1.165) is 5.41 Å². The van der Waals surface area contributed by atoms with Crippen LogP contribution in [0.2, 0.25) is 10.2 Å². The van der Waals surface area contributed by atoms with E-state index >= 15 is 0 Å². The van der Waals surface area contributed by atoms with E-state index in [1.807, 2.05) is 0 Å². The zero-order valence-corrected chi connectivity index (χ0v) is 12.3. The molecule has 0 aliphatic heterocycles. The highest BCUT2D eigenvalue weighted by atomic mass is 35.5. The zero-order chi connectivity index (χ0) is 14.6. The number of benzene rings is 1. The van der Waals surface area contributed by atoms with Crippen LogP contribution in [0.15, 0.2) is 42.1 Å². The maximum absolute atomic E-state index is 11.8. The lowest BCUT2D eigenvalue weighted by atomic mass is 10.2. The minimum atomic E-state index is -3.72. The lowest BCUT2D eigenvalue weighted by Crippen LogP contribution is -2.10. The largest absolute Gasteiger partial charge is 0.261 e. The van der Waals surface area contributed by atoms with Crippen LogP contribution in [-0.2, 0) is 10.0 Å². The third kappa shape index (κ3) is 4.19. The van der Waals surface area contributed by atoms with Gasteiger partial charge in [-0.05, 0) is 23.8 Å². The fourth-order valence-electron chi connectivity index (χ4n) is 1.30. The highest BCUT2D eigenvalue weighted by Crippen LogP contribution is 2.17. The molecular weight excluding hydrogens is 321 g/mol. The van der Waals surface area contributed by atoms with Crippen molar-refractivity contribution in [2.45, 2.75) is 0 Å². The van der Waals surface area contributed by atoms with Gasteiger partial charge >= 0.3 is 0 Å². The fourth-order valence-corrected chi connectivity index (χ4v) is 2.46. The summed E-state index contributed by atoms with van der Waals surface area (Å²) in [5.74, 6) is -0.0186. The van der Waals surface area contributed by atoms with Crippen LogP contribution >= 0.6 is 23.2 Å². The minimum Gasteiger partial charge on any atom is -0.261 e. The average molecular weight is 330 g/mol. The number of anilines is 1. The Balaban J connectivity index is 2.15. The van der Waals surface area contributed by atoms with Crippen LogP contribution in [0.4, 0.5) is 5.82 Å². The second-order valence-electron chi connectivity index (χ2n) is 3.70. The maximum atomic E-state index is 11.8. The van der Waals surface area contributed by atoms with Crippen molar-refractivity contribution in [2.24, 2.45) is 0 Å². The highest BCUT2D eigenvalue weighted by Gasteiger charge is 2.10. The summed E-state index contributed by atoms with van der Waals surface area (Å²) in [6.07, 6.45) is 4.14. The van der Waals surface area contributed by atoms with Gasteiger partial charge < -0.3 is 0 Å². The first-order chi connectivity index (χ1) is 9.46. The number of halogens is 2. The van der Waals surface area contributed by atoms with Crippen molar-refractivity contribution in [1.29, 1.82) is 0 Å². The Bertz CT molecular complexity index is 731. The quantitative estimate of drug-likeness (QED) is 0.934. The van der Waals surface area contributed by atoms with Crippen molar-refractivity contribution >= 4 is 45.1 Å². The summed E-state index contributed by atoms with van der Waals surface area (Å²) in [7, 11) is -3.72. The van der Waals surface area contributed by atoms with Crippen molar-refractivity contribution in [3.63, 3.8) is 0 Å². The van der Waals surface area contributed by atoms with E-state index in [0.29, 0.717) is 10.6 Å². The van der Waals surface area contributed by atoms with Crippen molar-refractivity contribution in [1.82, 2.24) is 9.97 Å². The van der Waals surface area contributed by atoms with E-state index in [1.54, 1.807) is 24.3 Å². The van der Waals surface area contributed by atoms with Gasteiger partial charge in [0.1, 0.15) is 0 Å². The Morgan fingerprint density at radius 3 is 2.35 bits per heavy atom. The molecule has 1 aromatic heterocycles. The predicted octanol–water partition coefficient (Wildman–Crippen LogP) is 3.20. The first kappa shape index (κ1) is 14.8. The SMILES string of the molecule is O=S(=O)(/C=C/c1ccc(Cl)cc1)Nc1nccnc1Cl. The summed E-state index contributed by atoms with van der Waals surface area (Å²) in [6.45, 7) is 0. The molecule has 0 fully saturated rings. The molecule has 0 unspecified atom stereocenters. The number of aromatic nitrogens is 2. The van der Waals surface area contributed by atoms with Crippen LogP contribution < -0.4 is 4.72 Å². The predicted molar refractivity (Wildman–Crippen MR) is 80.1 cm³/mol. The molecule has 0 atom stereocenters. The highest BCUT2D eigenvalue weighted by molar-refractivity contribution is 7.95. The van der Waals surface area contributed by atoms with Gasteiger partial charge in [-0.3, -0.25) is 4.72 Å². The molecule has 0 saturated carbocycles. The van der Waals surface area contributed by atoms with Gasteiger partial charge in [-0.15, -0.1) is 0 Å². The standard InChI is InChI=1S/C12H9Cl2N3O2S/c13-10-3-1-9(2-4-10)5-8-20(18,19)17-12-11(14)15-6-7-16-12/h1-8H,(H,16,17)/b8-5+. The van der Waals surface area contributed by atoms with Crippen molar-refractivity contribution in [3.05, 3.63) is 57.8 Å². The monoisotopic (exact) mass is 329 g/mol. The summed E-state index contributed by atoms with van der Waals surface area (Å²) >= 11 is 11.5. The molecule has 0 radical (unpaired) electrons. The number of nitrogens with one attached hydrogen (secondary N) is 1. The third-order valence-corrected chi connectivity index (χ3v) is 3.70. The lowest BCUT2D eigenvalue weighted by molar-refractivity contribution is 0.609. The van der Waals surface area contributed by atoms with Gasteiger partial charge in [0.25, 0.3) is 10.0 Å². The van der Waals surface area contributed by atoms with Crippen LogP contribution in [0.1, 0.15) is 5.56 Å². The van der Waals surface area contributed by atoms with Crippen LogP contribution in [-0.4, -0.2) is 18.4 Å². The first-order valence-electron chi connectivity index (χ1n) is 5.39. The van der Waals surface area contributed by atoms with E-state index < -0.39 is 10.0 Å². The van der Waals surface area contributed by atoms with Crippen molar-refractivity contribution in [3.8, 4) is 0 Å². The minimum absolute atomic E-state index is 0.0176. The van der Waals surface area contributed by atoms with Crippen LogP contribution in [0.25, 0.3) is 6.08 Å². The molecule has 8 heteroatoms. The van der Waals surface area contributed by atoms with Gasteiger partial charge in [0, 0.05) is 17.4 Å². The molecule has 0 amide bonds. The molecule has 1 N–H and O–H groups in total. The van der Waals surface area contributed by atoms with Crippen LogP contribution in [0.3, 0.4) is 0 Å². The number of sulfonamides is 1. The summed E-state index contributed by atoms with van der Waals surface area (Å²) in [4.78, 5) is 7.52. The van der Waals surface area contributed by atoms with Gasteiger partial charge in [-0.2, -0.15) is 0 Å². The Hall–Kier alpha value is -1.63. The molecule has 2 aromatic rings. The number of hydrogen-bond donors (Lipinski definition) is 1. The molecule has 1 aromatic carbocycles. The normalized spacial score (nSPS) is 11.7. The summed E-state index contributed by atoms with van der Waals surface area (Å²) < 4.78 is 25.9. The van der Waals surface area contributed by atoms with Crippen molar-refractivity contribution in [2.75, 3.05) is 4.72 Å². The zero-order valence-electron chi connectivity index (χ0n) is 9.99. The molecule has 2 rings (SSSR count). The molecular formula is C12H9Cl2N3O2S. The lowest BCUT2D eigenvalue weighted by Gasteiger charge is -2.03. The van der Waals surface area contributed by atoms with Gasteiger partial charge in [-0.25, -0.2) is 18.4 Å². The topological polar surface area (TPSA) is 72.0 Å². The summed E-state index contributed by atoms with van der Waals surface area (Å²) in [6, 6.07) is 6.73. The first-order valence-corrected chi connectivity index (χ1v) is 7.69. The van der Waals surface area contributed by atoms with E-state index in [2.05, 4.69) is 14.7 Å². The van der Waals surface area contributed by atoms with E-state index in [9.17, 15) is 8.42 Å². The van der Waals surface area contributed by atoms with Crippen molar-refractivity contribution < 1.29 is 8.42 Å². The second kappa shape index (κ2) is 6.21. The van der Waals surface area contributed by atoms with E-state index in [-0.39, 0.29) is 11.0 Å². The Labute approximate surface area is 126 Å². The number of nitrogens with zero attached hydrogens (tertiary/aromatic N) is 2. The molecule has 0 aliphatic rings. The summed E-state index contributed by atoms with van der Waals surface area (Å²) in [5.41, 5.74) is 0.699. The third-order valence-electron chi connectivity index (χ3n) is 2.20. The van der Waals surface area contributed by atoms with E-state index in [1.165, 1.54) is 18.5 Å². The smallest absolute Gasteiger partial charge is 0.256 e. The second-order valence-corrected chi connectivity index (χ2v) is 6.06. The molecule has 0 bridgehead atoms. The van der Waals surface area contributed by atoms with Gasteiger partial charge in [0.05, 0.1) is 5.41 Å². The van der Waals surface area contributed by atoms with Gasteiger partial charge in [0.15, 0.2) is 11.0 Å². The average Bonchev–Trinajstić information content (AvgIpc) is 2.41. The molecule has 0 aliphatic carbocycles. The van der Waals surface area contributed by atoms with Crippen LogP contribution in [0.5, 0.6) is 0 Å². The van der Waals surface area contributed by atoms with E-state index in [4.69, 9.17) is 23.2 Å². The number of hydrogen-bond acceptors (Lipinski definition) is 4. The molecule has 20 heavy (non-hydrogen) atoms. The van der Waals surface area contributed by atoms with Crippen LogP contribution in [0, 0.1) is 0 Å². The molecule has 104 valence electrons. The molecule has 0 saturated heterocycles. The molecule has 0 spiro atoms. The molecule has 1 heterocycles. The molecule has 5 nitrogen and oxygen atoms in total. The van der Waals surface area contributed by atoms with Gasteiger partial charge in [-0.1, -0.05) is 35.3 Å². The fraction of sp³-hybridized carbons (Fsp3) is 0. The number of rotatable bonds is 4. The Morgan fingerprint density at radius 2 is 1.70 bits per heavy atom. The van der Waals surface area contributed by atoms with Gasteiger partial charge in [0.2, 0.25) is 0 Å². The maximum Gasteiger partial charge on any atom is 0.256 e. The Kier molecular flexibility index (Phi) is 4.59. The Morgan fingerprint density at radius 1 is 1.05 bits per heavy atom. The summed E-state index contributed by atoms with van der Waals surface area (Å²) in [5, 5.41) is 1.58.